The molecule has 0 radical (unpaired) electrons. The predicted molar refractivity (Wildman–Crippen MR) is 67.6 cm³/mol. The highest BCUT2D eigenvalue weighted by atomic mass is 19.3. The van der Waals surface area contributed by atoms with Crippen molar-refractivity contribution >= 4 is 17.9 Å². The molecule has 6 nitrogen and oxygen atoms in total. The fraction of sp³-hybridized carbons (Fsp3) is 0.769. The van der Waals surface area contributed by atoms with Crippen LogP contribution in [-0.4, -0.2) is 43.7 Å². The van der Waals surface area contributed by atoms with Gasteiger partial charge in [-0.2, -0.15) is 0 Å². The first-order valence-electron chi connectivity index (χ1n) is 6.51. The lowest BCUT2D eigenvalue weighted by Crippen LogP contribution is -2.24. The molecule has 0 saturated heterocycles. The quantitative estimate of drug-likeness (QED) is 0.476. The van der Waals surface area contributed by atoms with Crippen LogP contribution in [0.5, 0.6) is 0 Å². The average Bonchev–Trinajstić information content (AvgIpc) is 2.40. The molecule has 0 amide bonds. The Morgan fingerprint density at radius 3 is 2.10 bits per heavy atom. The van der Waals surface area contributed by atoms with E-state index in [1.807, 2.05) is 0 Å². The molecule has 0 saturated carbocycles. The Morgan fingerprint density at radius 2 is 1.57 bits per heavy atom. The zero-order chi connectivity index (χ0) is 16.5. The van der Waals surface area contributed by atoms with Gasteiger partial charge in [0.15, 0.2) is 13.2 Å². The largest absolute Gasteiger partial charge is 0.463 e. The van der Waals surface area contributed by atoms with Crippen molar-refractivity contribution in [1.29, 1.82) is 0 Å². The molecule has 0 aromatic heterocycles. The maximum Gasteiger partial charge on any atom is 0.344 e. The SMILES string of the molecule is CCC(C)C(=O)OCC(=O)OCC(=O)OCCC(C)(F)F. The molecule has 0 fully saturated rings. The third-order valence-corrected chi connectivity index (χ3v) is 2.50. The van der Waals surface area contributed by atoms with Crippen LogP contribution in [0, 0.1) is 5.92 Å². The zero-order valence-corrected chi connectivity index (χ0v) is 12.3. The molecule has 1 unspecified atom stereocenters. The van der Waals surface area contributed by atoms with E-state index in [1.54, 1.807) is 13.8 Å². The van der Waals surface area contributed by atoms with Crippen LogP contribution in [0.2, 0.25) is 0 Å². The summed E-state index contributed by atoms with van der Waals surface area (Å²) >= 11 is 0. The summed E-state index contributed by atoms with van der Waals surface area (Å²) in [6, 6.07) is 0. The van der Waals surface area contributed by atoms with Crippen molar-refractivity contribution in [2.45, 2.75) is 39.5 Å². The molecule has 21 heavy (non-hydrogen) atoms. The van der Waals surface area contributed by atoms with Crippen molar-refractivity contribution < 1.29 is 37.4 Å². The Balaban J connectivity index is 3.78. The first-order chi connectivity index (χ1) is 9.65. The van der Waals surface area contributed by atoms with Gasteiger partial charge in [0.25, 0.3) is 0 Å². The van der Waals surface area contributed by atoms with Crippen molar-refractivity contribution in [3.8, 4) is 0 Å². The van der Waals surface area contributed by atoms with E-state index in [2.05, 4.69) is 14.2 Å². The number of esters is 3. The van der Waals surface area contributed by atoms with Gasteiger partial charge in [0.2, 0.25) is 5.92 Å². The normalized spacial score (nSPS) is 12.4. The first kappa shape index (κ1) is 19.3. The van der Waals surface area contributed by atoms with Gasteiger partial charge >= 0.3 is 17.9 Å². The van der Waals surface area contributed by atoms with Gasteiger partial charge < -0.3 is 14.2 Å². The number of hydrogen-bond acceptors (Lipinski definition) is 6. The summed E-state index contributed by atoms with van der Waals surface area (Å²) in [5, 5.41) is 0. The van der Waals surface area contributed by atoms with Gasteiger partial charge in [-0.1, -0.05) is 13.8 Å². The molecule has 0 rings (SSSR count). The second-order valence-corrected chi connectivity index (χ2v) is 4.62. The predicted octanol–water partition coefficient (Wildman–Crippen LogP) is 1.71. The number of halogens is 2. The van der Waals surface area contributed by atoms with Gasteiger partial charge in [0, 0.05) is 6.42 Å². The van der Waals surface area contributed by atoms with Crippen LogP contribution in [0.25, 0.3) is 0 Å². The number of carbonyl (C=O) groups excluding carboxylic acids is 3. The average molecular weight is 310 g/mol. The van der Waals surface area contributed by atoms with Gasteiger partial charge in [-0.15, -0.1) is 0 Å². The Labute approximate surface area is 121 Å². The fourth-order valence-corrected chi connectivity index (χ4v) is 1.01. The summed E-state index contributed by atoms with van der Waals surface area (Å²) in [6.07, 6.45) is -0.0402. The molecular formula is C13H20F2O6. The highest BCUT2D eigenvalue weighted by Crippen LogP contribution is 2.15. The van der Waals surface area contributed by atoms with E-state index in [1.165, 1.54) is 0 Å². The minimum absolute atomic E-state index is 0.335. The van der Waals surface area contributed by atoms with E-state index < -0.39 is 50.1 Å². The first-order valence-corrected chi connectivity index (χ1v) is 6.51. The highest BCUT2D eigenvalue weighted by Gasteiger charge is 2.21. The summed E-state index contributed by atoms with van der Waals surface area (Å²) in [6.45, 7) is 2.35. The molecule has 1 atom stereocenters. The van der Waals surface area contributed by atoms with Crippen molar-refractivity contribution in [2.75, 3.05) is 19.8 Å². The minimum atomic E-state index is -2.93. The standard InChI is InChI=1S/C13H20F2O6/c1-4-9(2)12(18)21-8-11(17)20-7-10(16)19-6-5-13(3,14)15/h9H,4-8H2,1-3H3. The minimum Gasteiger partial charge on any atom is -0.463 e. The van der Waals surface area contributed by atoms with Crippen molar-refractivity contribution in [1.82, 2.24) is 0 Å². The van der Waals surface area contributed by atoms with E-state index in [4.69, 9.17) is 0 Å². The topological polar surface area (TPSA) is 78.9 Å². The van der Waals surface area contributed by atoms with Crippen LogP contribution in [0.3, 0.4) is 0 Å². The van der Waals surface area contributed by atoms with E-state index >= 15 is 0 Å². The Hall–Kier alpha value is -1.73. The van der Waals surface area contributed by atoms with Crippen molar-refractivity contribution in [3.63, 3.8) is 0 Å². The molecule has 0 aromatic carbocycles. The van der Waals surface area contributed by atoms with Crippen LogP contribution in [0.15, 0.2) is 0 Å². The molecule has 122 valence electrons. The van der Waals surface area contributed by atoms with Crippen LogP contribution in [-0.2, 0) is 28.6 Å². The van der Waals surface area contributed by atoms with Crippen LogP contribution in [0.4, 0.5) is 8.78 Å². The molecule has 0 aromatic rings. The van der Waals surface area contributed by atoms with E-state index in [0.29, 0.717) is 13.3 Å². The summed E-state index contributed by atoms with van der Waals surface area (Å²) in [7, 11) is 0. The van der Waals surface area contributed by atoms with Gasteiger partial charge in [-0.05, 0) is 13.3 Å². The molecule has 0 N–H and O–H groups in total. The van der Waals surface area contributed by atoms with E-state index in [0.717, 1.165) is 0 Å². The van der Waals surface area contributed by atoms with Gasteiger partial charge in [-0.25, -0.2) is 18.4 Å². The summed E-state index contributed by atoms with van der Waals surface area (Å²) in [5.74, 6) is -5.66. The van der Waals surface area contributed by atoms with Crippen molar-refractivity contribution in [2.24, 2.45) is 5.92 Å². The second-order valence-electron chi connectivity index (χ2n) is 4.62. The number of hydrogen-bond donors (Lipinski definition) is 0. The summed E-state index contributed by atoms with van der Waals surface area (Å²) in [5.41, 5.74) is 0. The third-order valence-electron chi connectivity index (χ3n) is 2.50. The lowest BCUT2D eigenvalue weighted by Gasteiger charge is -2.11. The van der Waals surface area contributed by atoms with Crippen LogP contribution >= 0.6 is 0 Å². The Bertz CT molecular complexity index is 364. The van der Waals surface area contributed by atoms with Gasteiger partial charge in [-0.3, -0.25) is 4.79 Å². The van der Waals surface area contributed by atoms with Gasteiger partial charge in [0.05, 0.1) is 12.5 Å². The molecule has 0 aliphatic heterocycles. The Kier molecular flexibility index (Phi) is 8.49. The number of rotatable bonds is 9. The molecule has 0 aliphatic rings. The molecular weight excluding hydrogens is 290 g/mol. The molecule has 0 heterocycles. The number of alkyl halides is 2. The van der Waals surface area contributed by atoms with E-state index in [-0.39, 0.29) is 5.92 Å². The third kappa shape index (κ3) is 10.7. The maximum atomic E-state index is 12.4. The fourth-order valence-electron chi connectivity index (χ4n) is 1.01. The van der Waals surface area contributed by atoms with E-state index in [9.17, 15) is 23.2 Å². The van der Waals surface area contributed by atoms with Crippen molar-refractivity contribution in [3.05, 3.63) is 0 Å². The smallest absolute Gasteiger partial charge is 0.344 e. The summed E-state index contributed by atoms with van der Waals surface area (Å²) in [4.78, 5) is 33.5. The number of carbonyl (C=O) groups is 3. The second kappa shape index (κ2) is 9.25. The Morgan fingerprint density at radius 1 is 1.05 bits per heavy atom. The zero-order valence-electron chi connectivity index (χ0n) is 12.3. The van der Waals surface area contributed by atoms with Crippen LogP contribution < -0.4 is 0 Å². The lowest BCUT2D eigenvalue weighted by atomic mass is 10.1. The summed E-state index contributed by atoms with van der Waals surface area (Å²) < 4.78 is 38.4. The molecule has 8 heteroatoms. The molecule has 0 aliphatic carbocycles. The highest BCUT2D eigenvalue weighted by molar-refractivity contribution is 5.79. The van der Waals surface area contributed by atoms with Gasteiger partial charge in [0.1, 0.15) is 0 Å². The molecule has 0 bridgehead atoms. The maximum absolute atomic E-state index is 12.4. The van der Waals surface area contributed by atoms with Crippen LogP contribution in [0.1, 0.15) is 33.6 Å². The molecule has 0 spiro atoms. The lowest BCUT2D eigenvalue weighted by molar-refractivity contribution is -0.166. The number of ether oxygens (including phenoxy) is 3. The monoisotopic (exact) mass is 310 g/mol.